The minimum atomic E-state index is -4.71. The monoisotopic (exact) mass is 290 g/mol. The third-order valence-corrected chi connectivity index (χ3v) is 2.74. The van der Waals surface area contributed by atoms with Gasteiger partial charge in [0.1, 0.15) is 12.1 Å². The van der Waals surface area contributed by atoms with E-state index < -0.39 is 29.8 Å². The number of hydrogen-bond acceptors (Lipinski definition) is 2. The van der Waals surface area contributed by atoms with E-state index >= 15 is 0 Å². The van der Waals surface area contributed by atoms with E-state index in [0.717, 1.165) is 29.9 Å². The van der Waals surface area contributed by atoms with Gasteiger partial charge in [-0.2, -0.15) is 13.2 Å². The normalized spacial score (nSPS) is 11.4. The second-order valence-electron chi connectivity index (χ2n) is 4.41. The lowest BCUT2D eigenvalue weighted by atomic mass is 10.2. The standard InChI is InChI=1S/C13H17F3N2O2/c1-2-3-4-7-17-11(19)9-18-8-5-6-10(12(18)20)13(14,15)16/h5-6,8H,2-4,7,9H2,1H3,(H,17,19). The fraction of sp³-hybridized carbons (Fsp3) is 0.538. The summed E-state index contributed by atoms with van der Waals surface area (Å²) in [6.07, 6.45) is -0.770. The number of pyridine rings is 1. The van der Waals surface area contributed by atoms with E-state index in [1.165, 1.54) is 6.20 Å². The van der Waals surface area contributed by atoms with Crippen LogP contribution >= 0.6 is 0 Å². The molecule has 20 heavy (non-hydrogen) atoms. The molecule has 0 unspecified atom stereocenters. The molecule has 0 fully saturated rings. The molecule has 0 aromatic carbocycles. The zero-order valence-electron chi connectivity index (χ0n) is 11.2. The van der Waals surface area contributed by atoms with Crippen molar-refractivity contribution in [1.29, 1.82) is 0 Å². The highest BCUT2D eigenvalue weighted by Crippen LogP contribution is 2.25. The van der Waals surface area contributed by atoms with Crippen LogP contribution in [0.5, 0.6) is 0 Å². The fourth-order valence-electron chi connectivity index (χ4n) is 1.69. The number of amides is 1. The fourth-order valence-corrected chi connectivity index (χ4v) is 1.69. The van der Waals surface area contributed by atoms with Crippen molar-refractivity contribution in [3.8, 4) is 0 Å². The van der Waals surface area contributed by atoms with Gasteiger partial charge in [-0.25, -0.2) is 0 Å². The predicted molar refractivity (Wildman–Crippen MR) is 68.2 cm³/mol. The first-order chi connectivity index (χ1) is 9.36. The molecule has 1 amide bonds. The van der Waals surface area contributed by atoms with Gasteiger partial charge in [0.25, 0.3) is 5.56 Å². The first kappa shape index (κ1) is 16.3. The smallest absolute Gasteiger partial charge is 0.355 e. The Morgan fingerprint density at radius 1 is 1.35 bits per heavy atom. The van der Waals surface area contributed by atoms with Crippen LogP contribution in [-0.2, 0) is 17.5 Å². The molecular formula is C13H17F3N2O2. The summed E-state index contributed by atoms with van der Waals surface area (Å²) in [6, 6.07) is 1.81. The molecule has 0 atom stereocenters. The van der Waals surface area contributed by atoms with Gasteiger partial charge in [-0.15, -0.1) is 0 Å². The number of hydrogen-bond donors (Lipinski definition) is 1. The van der Waals surface area contributed by atoms with Crippen LogP contribution in [0, 0.1) is 0 Å². The number of unbranched alkanes of at least 4 members (excludes halogenated alkanes) is 2. The number of nitrogens with zero attached hydrogens (tertiary/aromatic N) is 1. The lowest BCUT2D eigenvalue weighted by molar-refractivity contribution is -0.139. The summed E-state index contributed by atoms with van der Waals surface area (Å²) >= 11 is 0. The molecule has 0 saturated carbocycles. The van der Waals surface area contributed by atoms with Gasteiger partial charge in [0.05, 0.1) is 0 Å². The lowest BCUT2D eigenvalue weighted by Gasteiger charge is -2.10. The third-order valence-electron chi connectivity index (χ3n) is 2.74. The Bertz CT molecular complexity index is 509. The number of carbonyl (C=O) groups is 1. The molecule has 0 bridgehead atoms. The average Bonchev–Trinajstić information content (AvgIpc) is 2.36. The van der Waals surface area contributed by atoms with Crippen molar-refractivity contribution in [2.45, 2.75) is 38.9 Å². The Morgan fingerprint density at radius 2 is 2.05 bits per heavy atom. The number of aromatic nitrogens is 1. The van der Waals surface area contributed by atoms with Crippen molar-refractivity contribution in [3.63, 3.8) is 0 Å². The summed E-state index contributed by atoms with van der Waals surface area (Å²) in [4.78, 5) is 23.1. The van der Waals surface area contributed by atoms with Crippen LogP contribution < -0.4 is 10.9 Å². The second-order valence-corrected chi connectivity index (χ2v) is 4.41. The third kappa shape index (κ3) is 4.71. The molecule has 0 saturated heterocycles. The molecule has 1 N–H and O–H groups in total. The molecule has 112 valence electrons. The SMILES string of the molecule is CCCCCNC(=O)Cn1cccc(C(F)(F)F)c1=O. The van der Waals surface area contributed by atoms with Crippen LogP contribution in [0.2, 0.25) is 0 Å². The molecule has 0 spiro atoms. The number of halogens is 3. The molecule has 1 rings (SSSR count). The molecule has 4 nitrogen and oxygen atoms in total. The zero-order valence-corrected chi connectivity index (χ0v) is 11.2. The Kier molecular flexibility index (Phi) is 5.79. The molecule has 0 radical (unpaired) electrons. The van der Waals surface area contributed by atoms with Crippen molar-refractivity contribution >= 4 is 5.91 Å². The second kappa shape index (κ2) is 7.12. The van der Waals surface area contributed by atoms with Crippen LogP contribution in [-0.4, -0.2) is 17.0 Å². The van der Waals surface area contributed by atoms with Crippen LogP contribution in [0.25, 0.3) is 0 Å². The summed E-state index contributed by atoms with van der Waals surface area (Å²) in [5.41, 5.74) is -2.47. The number of rotatable bonds is 6. The van der Waals surface area contributed by atoms with E-state index in [-0.39, 0.29) is 0 Å². The quantitative estimate of drug-likeness (QED) is 0.816. The lowest BCUT2D eigenvalue weighted by Crippen LogP contribution is -2.35. The maximum atomic E-state index is 12.5. The van der Waals surface area contributed by atoms with Crippen molar-refractivity contribution in [2.24, 2.45) is 0 Å². The molecule has 0 aliphatic rings. The Hall–Kier alpha value is -1.79. The molecule has 1 heterocycles. The Labute approximate surface area is 114 Å². The molecule has 0 aliphatic heterocycles. The van der Waals surface area contributed by atoms with Crippen molar-refractivity contribution in [1.82, 2.24) is 9.88 Å². The minimum absolute atomic E-state index is 0.408. The minimum Gasteiger partial charge on any atom is -0.355 e. The van der Waals surface area contributed by atoms with Crippen LogP contribution in [0.15, 0.2) is 23.1 Å². The van der Waals surface area contributed by atoms with Gasteiger partial charge in [-0.1, -0.05) is 19.8 Å². The van der Waals surface area contributed by atoms with Gasteiger partial charge < -0.3 is 9.88 Å². The number of alkyl halides is 3. The summed E-state index contributed by atoms with van der Waals surface area (Å²) in [5, 5.41) is 2.57. The van der Waals surface area contributed by atoms with Gasteiger partial charge in [0, 0.05) is 12.7 Å². The Morgan fingerprint density at radius 3 is 2.65 bits per heavy atom. The molecular weight excluding hydrogens is 273 g/mol. The first-order valence-electron chi connectivity index (χ1n) is 6.39. The number of carbonyl (C=O) groups excluding carboxylic acids is 1. The highest BCUT2D eigenvalue weighted by Gasteiger charge is 2.34. The Balaban J connectivity index is 2.69. The van der Waals surface area contributed by atoms with E-state index in [4.69, 9.17) is 0 Å². The van der Waals surface area contributed by atoms with E-state index in [1.807, 2.05) is 6.92 Å². The summed E-state index contributed by atoms with van der Waals surface area (Å²) in [5.74, 6) is -0.470. The molecule has 0 aliphatic carbocycles. The molecule has 7 heteroatoms. The number of nitrogens with one attached hydrogen (secondary N) is 1. The van der Waals surface area contributed by atoms with E-state index in [0.29, 0.717) is 12.6 Å². The summed E-state index contributed by atoms with van der Waals surface area (Å²) in [6.45, 7) is 2.07. The highest BCUT2D eigenvalue weighted by molar-refractivity contribution is 5.75. The topological polar surface area (TPSA) is 51.1 Å². The van der Waals surface area contributed by atoms with Gasteiger partial charge in [-0.3, -0.25) is 9.59 Å². The van der Waals surface area contributed by atoms with Crippen molar-refractivity contribution in [3.05, 3.63) is 34.2 Å². The van der Waals surface area contributed by atoms with Gasteiger partial charge in [-0.05, 0) is 18.6 Å². The average molecular weight is 290 g/mol. The summed E-state index contributed by atoms with van der Waals surface area (Å²) in [7, 11) is 0. The van der Waals surface area contributed by atoms with E-state index in [1.54, 1.807) is 0 Å². The van der Waals surface area contributed by atoms with E-state index in [9.17, 15) is 22.8 Å². The van der Waals surface area contributed by atoms with Crippen molar-refractivity contribution < 1.29 is 18.0 Å². The maximum absolute atomic E-state index is 12.5. The van der Waals surface area contributed by atoms with Gasteiger partial charge in [0.15, 0.2) is 0 Å². The molecule has 1 aromatic rings. The van der Waals surface area contributed by atoms with Crippen LogP contribution in [0.4, 0.5) is 13.2 Å². The summed E-state index contributed by atoms with van der Waals surface area (Å²) < 4.78 is 38.4. The van der Waals surface area contributed by atoms with Gasteiger partial charge in [0.2, 0.25) is 5.91 Å². The zero-order chi connectivity index (χ0) is 15.2. The van der Waals surface area contributed by atoms with Crippen molar-refractivity contribution in [2.75, 3.05) is 6.54 Å². The highest BCUT2D eigenvalue weighted by atomic mass is 19.4. The molecule has 1 aromatic heterocycles. The predicted octanol–water partition coefficient (Wildman–Crippen LogP) is 2.17. The maximum Gasteiger partial charge on any atom is 0.421 e. The largest absolute Gasteiger partial charge is 0.421 e. The van der Waals surface area contributed by atoms with Gasteiger partial charge >= 0.3 is 6.18 Å². The first-order valence-corrected chi connectivity index (χ1v) is 6.39. The van der Waals surface area contributed by atoms with Crippen LogP contribution in [0.1, 0.15) is 31.7 Å². The van der Waals surface area contributed by atoms with E-state index in [2.05, 4.69) is 5.32 Å². The van der Waals surface area contributed by atoms with Crippen LogP contribution in [0.3, 0.4) is 0 Å².